The monoisotopic (exact) mass is 396 g/mol. The summed E-state index contributed by atoms with van der Waals surface area (Å²) in [5, 5.41) is 2.78. The smallest absolute Gasteiger partial charge is 0.314 e. The largest absolute Gasteiger partial charge is 0.416 e. The van der Waals surface area contributed by atoms with E-state index in [1.807, 2.05) is 0 Å². The van der Waals surface area contributed by atoms with E-state index in [2.05, 4.69) is 5.32 Å². The second-order valence-corrected chi connectivity index (χ2v) is 5.83. The first-order valence-corrected chi connectivity index (χ1v) is 7.33. The van der Waals surface area contributed by atoms with Crippen molar-refractivity contribution in [2.75, 3.05) is 26.2 Å². The lowest BCUT2D eigenvalue weighted by atomic mass is 9.98. The Kier molecular flexibility index (Phi) is 7.22. The zero-order chi connectivity index (χ0) is 17.3. The van der Waals surface area contributed by atoms with Crippen molar-refractivity contribution in [2.45, 2.75) is 24.8 Å². The number of hydrogen-bond acceptors (Lipinski definition) is 2. The predicted octanol–water partition coefficient (Wildman–Crippen LogP) is 4.68. The van der Waals surface area contributed by atoms with Gasteiger partial charge in [-0.05, 0) is 23.8 Å². The molecule has 24 heavy (non-hydrogen) atoms. The number of alkyl halides is 6. The van der Waals surface area contributed by atoms with Crippen molar-refractivity contribution < 1.29 is 26.3 Å². The molecule has 0 bridgehead atoms. The highest BCUT2D eigenvalue weighted by molar-refractivity contribution is 6.30. The molecular formula is C14H16Cl2F6N2. The number of hydrogen-bond donors (Lipinski definition) is 1. The van der Waals surface area contributed by atoms with Crippen LogP contribution in [0.4, 0.5) is 26.3 Å². The van der Waals surface area contributed by atoms with Crippen LogP contribution in [-0.2, 0) is 6.18 Å². The Labute approximate surface area is 146 Å². The molecule has 1 N–H and O–H groups in total. The highest BCUT2D eigenvalue weighted by Gasteiger charge is 2.38. The van der Waals surface area contributed by atoms with E-state index < -0.39 is 30.4 Å². The number of benzene rings is 1. The molecule has 1 aliphatic heterocycles. The van der Waals surface area contributed by atoms with Crippen LogP contribution in [0.25, 0.3) is 0 Å². The quantitative estimate of drug-likeness (QED) is 0.746. The average molecular weight is 397 g/mol. The van der Waals surface area contributed by atoms with Gasteiger partial charge < -0.3 is 5.32 Å². The topological polar surface area (TPSA) is 15.3 Å². The maximum absolute atomic E-state index is 12.9. The molecule has 1 atom stereocenters. The van der Waals surface area contributed by atoms with Crippen LogP contribution < -0.4 is 5.32 Å². The molecule has 0 aliphatic carbocycles. The summed E-state index contributed by atoms with van der Waals surface area (Å²) < 4.78 is 77.3. The van der Waals surface area contributed by atoms with Crippen LogP contribution in [0.2, 0.25) is 5.02 Å². The third kappa shape index (κ3) is 5.98. The van der Waals surface area contributed by atoms with Gasteiger partial charge in [0, 0.05) is 37.2 Å². The van der Waals surface area contributed by atoms with Gasteiger partial charge in [0.2, 0.25) is 0 Å². The molecule has 1 aromatic rings. The van der Waals surface area contributed by atoms with Gasteiger partial charge in [0.15, 0.2) is 0 Å². The summed E-state index contributed by atoms with van der Waals surface area (Å²) in [4.78, 5) is 1.54. The van der Waals surface area contributed by atoms with Crippen LogP contribution in [0, 0.1) is 0 Å². The summed E-state index contributed by atoms with van der Waals surface area (Å²) in [7, 11) is 0. The van der Waals surface area contributed by atoms with Crippen LogP contribution in [0.1, 0.15) is 23.6 Å². The lowest BCUT2D eigenvalue weighted by Crippen LogP contribution is -2.46. The van der Waals surface area contributed by atoms with Crippen molar-refractivity contribution >= 4 is 24.0 Å². The molecule has 0 aromatic heterocycles. The summed E-state index contributed by atoms with van der Waals surface area (Å²) in [6.45, 7) is 1.63. The molecule has 2 nitrogen and oxygen atoms in total. The van der Waals surface area contributed by atoms with Gasteiger partial charge in [-0.25, -0.2) is 0 Å². The van der Waals surface area contributed by atoms with Gasteiger partial charge in [-0.3, -0.25) is 4.90 Å². The van der Waals surface area contributed by atoms with E-state index in [4.69, 9.17) is 11.6 Å². The molecule has 138 valence electrons. The lowest BCUT2D eigenvalue weighted by molar-refractivity contribution is -0.148. The minimum atomic E-state index is -4.66. The number of halogens is 8. The minimum absolute atomic E-state index is 0. The fourth-order valence-electron chi connectivity index (χ4n) is 2.64. The standard InChI is InChI=1S/C14H15ClF6N2.ClH/c15-11-6-9(5-10(7-11)14(19,20)21)12(8-13(16,17)18)23-3-1-22-2-4-23;/h5-7,12,22H,1-4,8H2;1H/t12-;/m0./s1. The van der Waals surface area contributed by atoms with Gasteiger partial charge in [-0.1, -0.05) is 11.6 Å². The molecule has 2 rings (SSSR count). The number of nitrogens with zero attached hydrogens (tertiary/aromatic N) is 1. The Morgan fingerprint density at radius 1 is 1.04 bits per heavy atom. The highest BCUT2D eigenvalue weighted by Crippen LogP contribution is 2.38. The number of nitrogens with one attached hydrogen (secondary N) is 1. The molecule has 0 amide bonds. The van der Waals surface area contributed by atoms with Crippen molar-refractivity contribution in [3.63, 3.8) is 0 Å². The lowest BCUT2D eigenvalue weighted by Gasteiger charge is -2.36. The van der Waals surface area contributed by atoms with Gasteiger partial charge in [0.25, 0.3) is 0 Å². The first-order chi connectivity index (χ1) is 10.6. The fourth-order valence-corrected chi connectivity index (χ4v) is 2.88. The van der Waals surface area contributed by atoms with Crippen molar-refractivity contribution in [3.05, 3.63) is 34.3 Å². The molecule has 1 heterocycles. The zero-order valence-corrected chi connectivity index (χ0v) is 13.9. The molecule has 0 spiro atoms. The van der Waals surface area contributed by atoms with E-state index in [1.54, 1.807) is 0 Å². The van der Waals surface area contributed by atoms with Crippen LogP contribution in [0.3, 0.4) is 0 Å². The first kappa shape index (κ1) is 21.3. The van der Waals surface area contributed by atoms with Gasteiger partial charge >= 0.3 is 12.4 Å². The summed E-state index contributed by atoms with van der Waals surface area (Å²) in [6, 6.07) is 1.46. The molecule has 0 radical (unpaired) electrons. The molecule has 0 saturated carbocycles. The Hall–Kier alpha value is -0.700. The molecule has 1 aliphatic rings. The van der Waals surface area contributed by atoms with Crippen LogP contribution in [0.15, 0.2) is 18.2 Å². The van der Waals surface area contributed by atoms with E-state index >= 15 is 0 Å². The van der Waals surface area contributed by atoms with Gasteiger partial charge in [-0.2, -0.15) is 26.3 Å². The summed E-state index contributed by atoms with van der Waals surface area (Å²) in [6.07, 6.45) is -10.4. The van der Waals surface area contributed by atoms with Crippen molar-refractivity contribution in [2.24, 2.45) is 0 Å². The van der Waals surface area contributed by atoms with Crippen molar-refractivity contribution in [3.8, 4) is 0 Å². The van der Waals surface area contributed by atoms with E-state index in [-0.39, 0.29) is 23.0 Å². The van der Waals surface area contributed by atoms with E-state index in [1.165, 1.54) is 11.0 Å². The summed E-state index contributed by atoms with van der Waals surface area (Å²) in [5.74, 6) is 0. The molecule has 1 fully saturated rings. The third-order valence-corrected chi connectivity index (χ3v) is 3.87. The number of piperazine rings is 1. The van der Waals surface area contributed by atoms with Crippen LogP contribution in [0.5, 0.6) is 0 Å². The molecule has 1 saturated heterocycles. The van der Waals surface area contributed by atoms with E-state index in [9.17, 15) is 26.3 Å². The second-order valence-electron chi connectivity index (χ2n) is 5.39. The van der Waals surface area contributed by atoms with Crippen LogP contribution in [-0.4, -0.2) is 37.3 Å². The van der Waals surface area contributed by atoms with Gasteiger partial charge in [-0.15, -0.1) is 12.4 Å². The normalized spacial score (nSPS) is 18.1. The second kappa shape index (κ2) is 8.12. The maximum Gasteiger partial charge on any atom is 0.416 e. The molecule has 0 unspecified atom stereocenters. The minimum Gasteiger partial charge on any atom is -0.314 e. The number of rotatable bonds is 3. The first-order valence-electron chi connectivity index (χ1n) is 6.95. The van der Waals surface area contributed by atoms with E-state index in [0.717, 1.165) is 6.07 Å². The van der Waals surface area contributed by atoms with Gasteiger partial charge in [0.05, 0.1) is 12.0 Å². The Balaban J connectivity index is 0.00000288. The summed E-state index contributed by atoms with van der Waals surface area (Å²) >= 11 is 5.70. The Morgan fingerprint density at radius 2 is 1.62 bits per heavy atom. The fraction of sp³-hybridized carbons (Fsp3) is 0.571. The van der Waals surface area contributed by atoms with E-state index in [0.29, 0.717) is 32.2 Å². The highest BCUT2D eigenvalue weighted by atomic mass is 35.5. The van der Waals surface area contributed by atoms with Crippen molar-refractivity contribution in [1.29, 1.82) is 0 Å². The Bertz CT molecular complexity index is 541. The molecular weight excluding hydrogens is 381 g/mol. The van der Waals surface area contributed by atoms with Crippen LogP contribution >= 0.6 is 24.0 Å². The average Bonchev–Trinajstić information content (AvgIpc) is 2.43. The molecule has 1 aromatic carbocycles. The zero-order valence-electron chi connectivity index (χ0n) is 12.3. The predicted molar refractivity (Wildman–Crippen MR) is 81.6 cm³/mol. The Morgan fingerprint density at radius 3 is 2.12 bits per heavy atom. The third-order valence-electron chi connectivity index (χ3n) is 3.65. The molecule has 10 heteroatoms. The van der Waals surface area contributed by atoms with Gasteiger partial charge in [0.1, 0.15) is 0 Å². The maximum atomic E-state index is 12.9. The van der Waals surface area contributed by atoms with Crippen molar-refractivity contribution in [1.82, 2.24) is 10.2 Å². The SMILES string of the molecule is Cl.FC(F)(F)C[C@@H](c1cc(Cl)cc(C(F)(F)F)c1)N1CCNCC1. The summed E-state index contributed by atoms with van der Waals surface area (Å²) in [5.41, 5.74) is -1.11.